The molecule has 0 unspecified atom stereocenters. The molecule has 0 aliphatic heterocycles. The highest BCUT2D eigenvalue weighted by atomic mass is 16.6. The molecular formula is C6H5N3O4. The fourth-order valence-corrected chi connectivity index (χ4v) is 1.32. The first-order valence-electron chi connectivity index (χ1n) is 3.69. The predicted octanol–water partition coefficient (Wildman–Crippen LogP) is -0.156. The van der Waals surface area contributed by atoms with Crippen LogP contribution in [0.25, 0.3) is 0 Å². The van der Waals surface area contributed by atoms with Gasteiger partial charge in [-0.05, 0) is 5.16 Å². The summed E-state index contributed by atoms with van der Waals surface area (Å²) in [5.74, 6) is -0.604. The number of hydrogen-bond acceptors (Lipinski definition) is 6. The number of aryl methyl sites for hydroxylation is 1. The van der Waals surface area contributed by atoms with Crippen LogP contribution in [0.3, 0.4) is 0 Å². The van der Waals surface area contributed by atoms with E-state index >= 15 is 0 Å². The van der Waals surface area contributed by atoms with E-state index in [4.69, 9.17) is 0 Å². The number of carbonyl (C=O) groups is 1. The van der Waals surface area contributed by atoms with E-state index in [0.717, 1.165) is 0 Å². The molecule has 0 saturated heterocycles. The number of aromatic nitrogens is 2. The van der Waals surface area contributed by atoms with Crippen molar-refractivity contribution in [2.75, 3.05) is 0 Å². The fourth-order valence-electron chi connectivity index (χ4n) is 1.32. The Labute approximate surface area is 71.8 Å². The van der Waals surface area contributed by atoms with Crippen molar-refractivity contribution in [1.82, 2.24) is 10.3 Å². The van der Waals surface area contributed by atoms with Crippen LogP contribution in [0.15, 0.2) is 4.63 Å². The van der Waals surface area contributed by atoms with Crippen LogP contribution < -0.4 is 0 Å². The molecule has 1 aliphatic rings. The number of ketones is 1. The summed E-state index contributed by atoms with van der Waals surface area (Å²) in [6, 6.07) is -1.18. The van der Waals surface area contributed by atoms with Crippen molar-refractivity contribution in [2.24, 2.45) is 0 Å². The highest BCUT2D eigenvalue weighted by Crippen LogP contribution is 2.19. The van der Waals surface area contributed by atoms with E-state index in [1.165, 1.54) is 0 Å². The zero-order valence-corrected chi connectivity index (χ0v) is 6.47. The lowest BCUT2D eigenvalue weighted by Crippen LogP contribution is -2.34. The van der Waals surface area contributed by atoms with E-state index in [9.17, 15) is 14.9 Å². The molecule has 0 saturated carbocycles. The van der Waals surface area contributed by atoms with Crippen molar-refractivity contribution in [2.45, 2.75) is 18.9 Å². The second kappa shape index (κ2) is 2.61. The summed E-state index contributed by atoms with van der Waals surface area (Å²) in [4.78, 5) is 21.1. The molecule has 7 heteroatoms. The van der Waals surface area contributed by atoms with Gasteiger partial charge in [-0.3, -0.25) is 14.9 Å². The second-order valence-corrected chi connectivity index (χ2v) is 2.76. The zero-order valence-electron chi connectivity index (χ0n) is 6.47. The molecular weight excluding hydrogens is 178 g/mol. The molecule has 0 radical (unpaired) electrons. The molecule has 0 fully saturated rings. The summed E-state index contributed by atoms with van der Waals surface area (Å²) in [5.41, 5.74) is 0.427. The number of nitro groups is 1. The number of hydrogen-bond donors (Lipinski definition) is 0. The average Bonchev–Trinajstić information content (AvgIpc) is 2.52. The van der Waals surface area contributed by atoms with E-state index in [0.29, 0.717) is 12.1 Å². The maximum atomic E-state index is 11.3. The predicted molar refractivity (Wildman–Crippen MR) is 37.7 cm³/mol. The van der Waals surface area contributed by atoms with E-state index in [1.54, 1.807) is 0 Å². The number of fused-ring (bicyclic) bond motifs is 1. The first-order valence-corrected chi connectivity index (χ1v) is 3.69. The monoisotopic (exact) mass is 183 g/mol. The maximum absolute atomic E-state index is 11.3. The number of Topliss-reactive ketones (excluding diaryl/α,β-unsaturated/α-hetero) is 1. The highest BCUT2D eigenvalue weighted by Gasteiger charge is 2.39. The van der Waals surface area contributed by atoms with Crippen LogP contribution in [0.2, 0.25) is 0 Å². The molecule has 1 aliphatic carbocycles. The first kappa shape index (κ1) is 7.84. The van der Waals surface area contributed by atoms with Crippen molar-refractivity contribution in [3.8, 4) is 0 Å². The number of nitrogens with zero attached hydrogens (tertiary/aromatic N) is 3. The van der Waals surface area contributed by atoms with Crippen LogP contribution in [0.5, 0.6) is 0 Å². The largest absolute Gasteiger partial charge is 0.284 e. The quantitative estimate of drug-likeness (QED) is 0.443. The van der Waals surface area contributed by atoms with Crippen LogP contribution >= 0.6 is 0 Å². The van der Waals surface area contributed by atoms with Crippen LogP contribution in [0, 0.1) is 10.1 Å². The third-order valence-corrected chi connectivity index (χ3v) is 2.00. The van der Waals surface area contributed by atoms with E-state index in [1.807, 2.05) is 0 Å². The molecule has 1 atom stereocenters. The summed E-state index contributed by atoms with van der Waals surface area (Å²) in [6.07, 6.45) is 0.545. The topological polar surface area (TPSA) is 99.1 Å². The van der Waals surface area contributed by atoms with Crippen LogP contribution in [-0.4, -0.2) is 27.1 Å². The zero-order chi connectivity index (χ0) is 9.42. The molecule has 1 aromatic heterocycles. The summed E-state index contributed by atoms with van der Waals surface area (Å²) in [5, 5.41) is 17.2. The van der Waals surface area contributed by atoms with Crippen molar-refractivity contribution in [3.63, 3.8) is 0 Å². The summed E-state index contributed by atoms with van der Waals surface area (Å²) >= 11 is 0. The smallest absolute Gasteiger partial charge is 0.277 e. The summed E-state index contributed by atoms with van der Waals surface area (Å²) in [6.45, 7) is 0. The van der Waals surface area contributed by atoms with Gasteiger partial charge >= 0.3 is 0 Å². The lowest BCUT2D eigenvalue weighted by atomic mass is 9.95. The Morgan fingerprint density at radius 1 is 1.54 bits per heavy atom. The van der Waals surface area contributed by atoms with Crippen LogP contribution in [0.1, 0.15) is 22.6 Å². The molecule has 1 aromatic rings. The third kappa shape index (κ3) is 1.08. The highest BCUT2D eigenvalue weighted by molar-refractivity contribution is 5.99. The SMILES string of the molecule is O=C1c2nonc2CC[C@@H]1[N+](=O)[O-]. The average molecular weight is 183 g/mol. The van der Waals surface area contributed by atoms with Gasteiger partial charge in [-0.15, -0.1) is 0 Å². The van der Waals surface area contributed by atoms with E-state index < -0.39 is 16.7 Å². The minimum absolute atomic E-state index is 0.00736. The minimum atomic E-state index is -1.18. The lowest BCUT2D eigenvalue weighted by Gasteiger charge is -2.10. The van der Waals surface area contributed by atoms with Crippen molar-refractivity contribution in [3.05, 3.63) is 21.5 Å². The van der Waals surface area contributed by atoms with Crippen molar-refractivity contribution >= 4 is 5.78 Å². The molecule has 0 bridgehead atoms. The normalized spacial score (nSPS) is 21.2. The first-order chi connectivity index (χ1) is 6.20. The molecule has 0 aromatic carbocycles. The Kier molecular flexibility index (Phi) is 1.57. The van der Waals surface area contributed by atoms with Crippen LogP contribution in [0.4, 0.5) is 0 Å². The lowest BCUT2D eigenvalue weighted by molar-refractivity contribution is -0.506. The fraction of sp³-hybridized carbons (Fsp3) is 0.500. The second-order valence-electron chi connectivity index (χ2n) is 2.76. The minimum Gasteiger partial charge on any atom is -0.284 e. The van der Waals surface area contributed by atoms with E-state index in [-0.39, 0.29) is 12.1 Å². The van der Waals surface area contributed by atoms with E-state index in [2.05, 4.69) is 14.9 Å². The standard InChI is InChI=1S/C6H5N3O4/c10-6-4(9(11)12)2-1-3-5(6)8-13-7-3/h4H,1-2H2/t4-/m0/s1. The molecule has 0 N–H and O–H groups in total. The van der Waals surface area contributed by atoms with Gasteiger partial charge in [0.15, 0.2) is 5.69 Å². The molecule has 68 valence electrons. The third-order valence-electron chi connectivity index (χ3n) is 2.00. The van der Waals surface area contributed by atoms with Gasteiger partial charge in [0.2, 0.25) is 0 Å². The molecule has 7 nitrogen and oxygen atoms in total. The number of carbonyl (C=O) groups excluding carboxylic acids is 1. The Balaban J connectivity index is 2.38. The summed E-state index contributed by atoms with van der Waals surface area (Å²) in [7, 11) is 0. The molecule has 0 spiro atoms. The van der Waals surface area contributed by atoms with Gasteiger partial charge in [-0.2, -0.15) is 0 Å². The molecule has 0 amide bonds. The number of rotatable bonds is 1. The molecule has 1 heterocycles. The maximum Gasteiger partial charge on any atom is 0.277 e. The molecule has 13 heavy (non-hydrogen) atoms. The Morgan fingerprint density at radius 2 is 2.31 bits per heavy atom. The van der Waals surface area contributed by atoms with Gasteiger partial charge < -0.3 is 0 Å². The van der Waals surface area contributed by atoms with Crippen LogP contribution in [-0.2, 0) is 6.42 Å². The van der Waals surface area contributed by atoms with Gasteiger partial charge in [0, 0.05) is 17.8 Å². The van der Waals surface area contributed by atoms with Gasteiger partial charge in [0.25, 0.3) is 11.8 Å². The Hall–Kier alpha value is -1.79. The Morgan fingerprint density at radius 3 is 3.00 bits per heavy atom. The van der Waals surface area contributed by atoms with Gasteiger partial charge in [-0.25, -0.2) is 4.63 Å². The summed E-state index contributed by atoms with van der Waals surface area (Å²) < 4.78 is 4.32. The Bertz CT molecular complexity index is 372. The van der Waals surface area contributed by atoms with Gasteiger partial charge in [-0.1, -0.05) is 5.16 Å². The van der Waals surface area contributed by atoms with Crippen molar-refractivity contribution in [1.29, 1.82) is 0 Å². The van der Waals surface area contributed by atoms with Crippen molar-refractivity contribution < 1.29 is 14.3 Å². The molecule has 2 rings (SSSR count). The van der Waals surface area contributed by atoms with Gasteiger partial charge in [0.1, 0.15) is 5.69 Å². The van der Waals surface area contributed by atoms with Gasteiger partial charge in [0.05, 0.1) is 0 Å².